The summed E-state index contributed by atoms with van der Waals surface area (Å²) in [5.74, 6) is 3.27. The van der Waals surface area contributed by atoms with E-state index in [4.69, 9.17) is 11.2 Å². The minimum atomic E-state index is 0. The van der Waals surface area contributed by atoms with Gasteiger partial charge in [0, 0.05) is 45.7 Å². The van der Waals surface area contributed by atoms with Gasteiger partial charge in [0.1, 0.15) is 12.4 Å². The van der Waals surface area contributed by atoms with Crippen LogP contribution in [0.4, 0.5) is 0 Å². The van der Waals surface area contributed by atoms with Gasteiger partial charge in [-0.2, -0.15) is 0 Å². The van der Waals surface area contributed by atoms with Crippen LogP contribution in [0, 0.1) is 18.4 Å². The molecular formula is C16H15BrNO2Y-. The third-order valence-corrected chi connectivity index (χ3v) is 3.69. The van der Waals surface area contributed by atoms with Crippen molar-refractivity contribution in [2.45, 2.75) is 19.8 Å². The van der Waals surface area contributed by atoms with Crippen molar-refractivity contribution in [3.05, 3.63) is 34.3 Å². The quantitative estimate of drug-likeness (QED) is 0.551. The second kappa shape index (κ2) is 8.73. The molecule has 3 nitrogen and oxygen atoms in total. The van der Waals surface area contributed by atoms with Crippen molar-refractivity contribution in [1.29, 1.82) is 0 Å². The summed E-state index contributed by atoms with van der Waals surface area (Å²) >= 11 is 3.52. The van der Waals surface area contributed by atoms with Crippen molar-refractivity contribution in [2.24, 2.45) is 0 Å². The summed E-state index contributed by atoms with van der Waals surface area (Å²) in [6, 6.07) is 5.62. The number of ether oxygens (including phenoxy) is 1. The van der Waals surface area contributed by atoms with Crippen LogP contribution in [0.25, 0.3) is 5.70 Å². The largest absolute Gasteiger partial charge is 0.481 e. The summed E-state index contributed by atoms with van der Waals surface area (Å²) < 4.78 is 6.24. The van der Waals surface area contributed by atoms with Crippen molar-refractivity contribution in [3.63, 3.8) is 0 Å². The maximum atomic E-state index is 11.9. The molecule has 1 aromatic carbocycles. The summed E-state index contributed by atoms with van der Waals surface area (Å²) in [5.41, 5.74) is 1.77. The van der Waals surface area contributed by atoms with Crippen molar-refractivity contribution in [2.75, 3.05) is 13.2 Å². The smallest absolute Gasteiger partial charge is 0.223 e. The number of nitrogens with zero attached hydrogens (tertiary/aromatic N) is 1. The summed E-state index contributed by atoms with van der Waals surface area (Å²) in [6.45, 7) is 2.84. The molecule has 0 spiro atoms. The Bertz CT molecular complexity index is 592. The van der Waals surface area contributed by atoms with Crippen LogP contribution >= 0.6 is 15.9 Å². The average molecular weight is 422 g/mol. The molecule has 1 aliphatic rings. The van der Waals surface area contributed by atoms with Crippen LogP contribution in [-0.2, 0) is 37.5 Å². The van der Waals surface area contributed by atoms with E-state index in [1.807, 2.05) is 25.1 Å². The van der Waals surface area contributed by atoms with Crippen LogP contribution in [0.2, 0.25) is 0 Å². The first kappa shape index (κ1) is 18.4. The van der Waals surface area contributed by atoms with Crippen LogP contribution < -0.4 is 4.74 Å². The molecule has 21 heavy (non-hydrogen) atoms. The Morgan fingerprint density at radius 2 is 2.29 bits per heavy atom. The zero-order chi connectivity index (χ0) is 14.5. The number of hydrogen-bond acceptors (Lipinski definition) is 2. The van der Waals surface area contributed by atoms with Gasteiger partial charge in [0.25, 0.3) is 0 Å². The van der Waals surface area contributed by atoms with Gasteiger partial charge in [-0.15, -0.1) is 30.2 Å². The van der Waals surface area contributed by atoms with Crippen molar-refractivity contribution in [3.8, 4) is 18.1 Å². The van der Waals surface area contributed by atoms with E-state index in [1.54, 1.807) is 4.90 Å². The molecule has 0 saturated carbocycles. The van der Waals surface area contributed by atoms with Crippen molar-refractivity contribution < 1.29 is 42.2 Å². The van der Waals surface area contributed by atoms with Crippen LogP contribution in [0.5, 0.6) is 5.75 Å². The predicted octanol–water partition coefficient (Wildman–Crippen LogP) is 3.24. The number of allylic oxidation sites excluding steroid dienone is 1. The molecule has 5 heteroatoms. The number of rotatable bonds is 4. The molecule has 0 N–H and O–H groups in total. The topological polar surface area (TPSA) is 29.5 Å². The molecule has 0 atom stereocenters. The van der Waals surface area contributed by atoms with Gasteiger partial charge in [-0.25, -0.2) is 6.08 Å². The van der Waals surface area contributed by atoms with Gasteiger partial charge in [0.15, 0.2) is 0 Å². The van der Waals surface area contributed by atoms with Gasteiger partial charge in [-0.3, -0.25) is 4.79 Å². The number of amides is 1. The Kier molecular flexibility index (Phi) is 7.66. The van der Waals surface area contributed by atoms with E-state index < -0.39 is 0 Å². The molecule has 0 unspecified atom stereocenters. The molecule has 107 valence electrons. The monoisotopic (exact) mass is 421 g/mol. The van der Waals surface area contributed by atoms with Crippen molar-refractivity contribution >= 4 is 27.5 Å². The molecule has 2 rings (SSSR count). The van der Waals surface area contributed by atoms with Crippen LogP contribution in [0.1, 0.15) is 25.3 Å². The SMILES string of the molecule is C#CCOc1ccc(C2=[C-]CCC(=O)N2CC)c(Br)c1.[Y]. The summed E-state index contributed by atoms with van der Waals surface area (Å²) in [6.07, 6.45) is 9.64. The van der Waals surface area contributed by atoms with E-state index in [9.17, 15) is 4.79 Å². The fraction of sp³-hybridized carbons (Fsp3) is 0.312. The van der Waals surface area contributed by atoms with Crippen molar-refractivity contribution in [1.82, 2.24) is 4.90 Å². The van der Waals surface area contributed by atoms with Gasteiger partial charge in [-0.05, 0) is 19.1 Å². The first-order valence-corrected chi connectivity index (χ1v) is 7.24. The molecule has 0 saturated heterocycles. The molecule has 0 aromatic heterocycles. The van der Waals surface area contributed by atoms with E-state index in [2.05, 4.69) is 27.9 Å². The molecule has 1 heterocycles. The molecule has 0 aliphatic carbocycles. The Hall–Kier alpha value is -0.626. The molecule has 1 amide bonds. The van der Waals surface area contributed by atoms with E-state index >= 15 is 0 Å². The average Bonchev–Trinajstić information content (AvgIpc) is 2.45. The molecule has 1 aliphatic heterocycles. The number of halogens is 1. The van der Waals surface area contributed by atoms with E-state index in [1.165, 1.54) is 0 Å². The Morgan fingerprint density at radius 1 is 1.52 bits per heavy atom. The van der Waals surface area contributed by atoms with E-state index in [0.29, 0.717) is 25.1 Å². The predicted molar refractivity (Wildman–Crippen MR) is 81.7 cm³/mol. The number of terminal acetylenes is 1. The zero-order valence-corrected chi connectivity index (χ0v) is 16.3. The van der Waals surface area contributed by atoms with E-state index in [-0.39, 0.29) is 45.2 Å². The minimum Gasteiger partial charge on any atom is -0.481 e. The Morgan fingerprint density at radius 3 is 2.90 bits per heavy atom. The number of carbonyl (C=O) groups is 1. The Labute approximate surface area is 159 Å². The van der Waals surface area contributed by atoms with Gasteiger partial charge < -0.3 is 9.64 Å². The minimum absolute atomic E-state index is 0. The molecule has 0 fully saturated rings. The van der Waals surface area contributed by atoms with E-state index in [0.717, 1.165) is 15.7 Å². The normalized spacial score (nSPS) is 14.0. The molecule has 1 radical (unpaired) electrons. The molecule has 0 bridgehead atoms. The number of benzene rings is 1. The first-order chi connectivity index (χ1) is 9.67. The third kappa shape index (κ3) is 4.42. The van der Waals surface area contributed by atoms with Gasteiger partial charge in [-0.1, -0.05) is 26.3 Å². The summed E-state index contributed by atoms with van der Waals surface area (Å²) in [4.78, 5) is 13.7. The first-order valence-electron chi connectivity index (χ1n) is 6.44. The maximum Gasteiger partial charge on any atom is 0.223 e. The zero-order valence-electron chi connectivity index (χ0n) is 11.9. The van der Waals surface area contributed by atoms with Gasteiger partial charge >= 0.3 is 0 Å². The summed E-state index contributed by atoms with van der Waals surface area (Å²) in [5, 5.41) is 0. The fourth-order valence-electron chi connectivity index (χ4n) is 2.12. The summed E-state index contributed by atoms with van der Waals surface area (Å²) in [7, 11) is 0. The second-order valence-electron chi connectivity index (χ2n) is 4.30. The fourth-order valence-corrected chi connectivity index (χ4v) is 2.67. The number of carbonyl (C=O) groups excluding carboxylic acids is 1. The van der Waals surface area contributed by atoms with Gasteiger partial charge in [0.2, 0.25) is 5.91 Å². The Balaban J connectivity index is 0.00000220. The van der Waals surface area contributed by atoms with Gasteiger partial charge in [0.05, 0.1) is 0 Å². The van der Waals surface area contributed by atoms with Crippen LogP contribution in [0.15, 0.2) is 22.7 Å². The third-order valence-electron chi connectivity index (χ3n) is 3.04. The molecular weight excluding hydrogens is 407 g/mol. The van der Waals surface area contributed by atoms with Crippen LogP contribution in [-0.4, -0.2) is 24.0 Å². The van der Waals surface area contributed by atoms with Crippen LogP contribution in [0.3, 0.4) is 0 Å². The number of hydrogen-bond donors (Lipinski definition) is 0. The maximum absolute atomic E-state index is 11.9. The second-order valence-corrected chi connectivity index (χ2v) is 5.15. The molecule has 1 aromatic rings. The standard InChI is InChI=1S/C16H15BrNO2.Y/c1-3-10-20-12-8-9-13(14(17)11-12)15-6-5-7-16(19)18(15)4-2;/h1,8-9,11H,4-5,7,10H2,2H3;/q-1;.